The van der Waals surface area contributed by atoms with Crippen molar-refractivity contribution in [2.75, 3.05) is 19.6 Å². The Morgan fingerprint density at radius 2 is 1.97 bits per heavy atom. The Morgan fingerprint density at radius 3 is 2.65 bits per heavy atom. The largest absolute Gasteiger partial charge is 0.471 e. The number of hydrogen-bond acceptors (Lipinski definition) is 7. The number of carbonyl (C=O) groups excluding carboxylic acids is 1. The molecule has 0 aliphatic carbocycles. The van der Waals surface area contributed by atoms with Gasteiger partial charge in [-0.25, -0.2) is 24.7 Å². The molecule has 2 amide bonds. The van der Waals surface area contributed by atoms with Crippen molar-refractivity contribution in [2.24, 2.45) is 0 Å². The molecule has 10 heteroatoms. The summed E-state index contributed by atoms with van der Waals surface area (Å²) in [6, 6.07) is 0.436. The van der Waals surface area contributed by atoms with Crippen molar-refractivity contribution < 1.29 is 9.53 Å². The molecule has 5 heterocycles. The van der Waals surface area contributed by atoms with Crippen LogP contribution in [0, 0.1) is 6.92 Å². The summed E-state index contributed by atoms with van der Waals surface area (Å²) in [5, 5.41) is 0. The maximum absolute atomic E-state index is 12.7. The first-order chi connectivity index (χ1) is 15.0. The fourth-order valence-corrected chi connectivity index (χ4v) is 4.17. The number of likely N-dealkylation sites (tertiary alicyclic amines) is 2. The van der Waals surface area contributed by atoms with Gasteiger partial charge in [0.15, 0.2) is 11.2 Å². The van der Waals surface area contributed by atoms with Gasteiger partial charge in [0.05, 0.1) is 12.1 Å². The highest BCUT2D eigenvalue weighted by atomic mass is 16.5. The molecule has 10 nitrogen and oxygen atoms in total. The van der Waals surface area contributed by atoms with Gasteiger partial charge < -0.3 is 19.1 Å². The van der Waals surface area contributed by atoms with E-state index in [9.17, 15) is 4.79 Å². The van der Waals surface area contributed by atoms with Gasteiger partial charge in [-0.15, -0.1) is 0 Å². The molecule has 31 heavy (non-hydrogen) atoms. The molecule has 3 aromatic heterocycles. The molecule has 0 N–H and O–H groups in total. The van der Waals surface area contributed by atoms with E-state index in [-0.39, 0.29) is 12.1 Å². The van der Waals surface area contributed by atoms with Crippen LogP contribution in [0.2, 0.25) is 0 Å². The van der Waals surface area contributed by atoms with Gasteiger partial charge in [0, 0.05) is 44.5 Å². The minimum Gasteiger partial charge on any atom is -0.471 e. The van der Waals surface area contributed by atoms with Gasteiger partial charge in [0.1, 0.15) is 24.1 Å². The lowest BCUT2D eigenvalue weighted by Crippen LogP contribution is -2.54. The number of aromatic nitrogens is 6. The van der Waals surface area contributed by atoms with Crippen molar-refractivity contribution in [2.45, 2.75) is 52.3 Å². The third kappa shape index (κ3) is 3.45. The Balaban J connectivity index is 1.39. The van der Waals surface area contributed by atoms with Crippen LogP contribution >= 0.6 is 0 Å². The summed E-state index contributed by atoms with van der Waals surface area (Å²) >= 11 is 0. The third-order valence-corrected chi connectivity index (χ3v) is 6.11. The summed E-state index contributed by atoms with van der Waals surface area (Å²) in [4.78, 5) is 38.6. The molecule has 2 aliphatic heterocycles. The lowest BCUT2D eigenvalue weighted by atomic mass is 10.1. The third-order valence-electron chi connectivity index (χ3n) is 6.11. The predicted molar refractivity (Wildman–Crippen MR) is 114 cm³/mol. The van der Waals surface area contributed by atoms with E-state index in [1.807, 2.05) is 28.2 Å². The highest BCUT2D eigenvalue weighted by Gasteiger charge is 2.36. The topological polar surface area (TPSA) is 102 Å². The van der Waals surface area contributed by atoms with Crippen molar-refractivity contribution in [3.8, 4) is 17.3 Å². The number of fused-ring (bicyclic) bond motifs is 1. The Kier molecular flexibility index (Phi) is 4.91. The van der Waals surface area contributed by atoms with Crippen LogP contribution in [0.3, 0.4) is 0 Å². The molecule has 162 valence electrons. The van der Waals surface area contributed by atoms with E-state index in [0.717, 1.165) is 30.8 Å². The van der Waals surface area contributed by atoms with Gasteiger partial charge in [0.25, 0.3) is 0 Å². The molecule has 2 unspecified atom stereocenters. The molecular formula is C21H26N8O2. The van der Waals surface area contributed by atoms with Crippen LogP contribution in [0.4, 0.5) is 4.79 Å². The summed E-state index contributed by atoms with van der Waals surface area (Å²) in [7, 11) is 0. The molecule has 2 fully saturated rings. The van der Waals surface area contributed by atoms with Crippen LogP contribution in [0.15, 0.2) is 18.7 Å². The van der Waals surface area contributed by atoms with Crippen LogP contribution in [-0.2, 0) is 6.54 Å². The molecule has 3 aromatic rings. The number of urea groups is 1. The van der Waals surface area contributed by atoms with Gasteiger partial charge in [0.2, 0.25) is 5.88 Å². The van der Waals surface area contributed by atoms with E-state index < -0.39 is 0 Å². The fourth-order valence-electron chi connectivity index (χ4n) is 4.17. The zero-order valence-electron chi connectivity index (χ0n) is 18.0. The highest BCUT2D eigenvalue weighted by Crippen LogP contribution is 2.29. The summed E-state index contributed by atoms with van der Waals surface area (Å²) in [6.07, 6.45) is 6.76. The summed E-state index contributed by atoms with van der Waals surface area (Å²) in [6.45, 7) is 8.76. The van der Waals surface area contributed by atoms with Crippen molar-refractivity contribution in [3.05, 3.63) is 24.5 Å². The van der Waals surface area contributed by atoms with E-state index in [1.165, 1.54) is 6.33 Å². The van der Waals surface area contributed by atoms with E-state index >= 15 is 0 Å². The first-order valence-electron chi connectivity index (χ1n) is 10.8. The van der Waals surface area contributed by atoms with Gasteiger partial charge in [-0.3, -0.25) is 0 Å². The predicted octanol–water partition coefficient (Wildman–Crippen LogP) is 2.28. The van der Waals surface area contributed by atoms with Crippen LogP contribution in [0.1, 0.15) is 32.5 Å². The number of rotatable bonds is 4. The Morgan fingerprint density at radius 1 is 1.16 bits per heavy atom. The molecule has 0 bridgehead atoms. The average molecular weight is 422 g/mol. The van der Waals surface area contributed by atoms with Gasteiger partial charge in [-0.05, 0) is 27.2 Å². The Labute approximate surface area is 180 Å². The monoisotopic (exact) mass is 422 g/mol. The quantitative estimate of drug-likeness (QED) is 0.635. The number of imidazole rings is 1. The first-order valence-corrected chi connectivity index (χ1v) is 10.8. The molecule has 0 radical (unpaired) electrons. The highest BCUT2D eigenvalue weighted by molar-refractivity contribution is 5.81. The maximum Gasteiger partial charge on any atom is 0.320 e. The van der Waals surface area contributed by atoms with Crippen LogP contribution in [0.25, 0.3) is 22.6 Å². The van der Waals surface area contributed by atoms with E-state index in [1.54, 1.807) is 12.4 Å². The van der Waals surface area contributed by atoms with Crippen LogP contribution in [-0.4, -0.2) is 77.1 Å². The average Bonchev–Trinajstić information content (AvgIpc) is 3.38. The van der Waals surface area contributed by atoms with E-state index in [4.69, 9.17) is 9.72 Å². The Hall–Kier alpha value is -3.30. The summed E-state index contributed by atoms with van der Waals surface area (Å²) in [5.74, 6) is 1.89. The van der Waals surface area contributed by atoms with Crippen molar-refractivity contribution in [3.63, 3.8) is 0 Å². The van der Waals surface area contributed by atoms with E-state index in [2.05, 4.69) is 26.9 Å². The second-order valence-electron chi connectivity index (χ2n) is 8.14. The molecule has 2 saturated heterocycles. The van der Waals surface area contributed by atoms with Gasteiger partial charge in [-0.1, -0.05) is 0 Å². The minimum atomic E-state index is -0.114. The molecule has 2 aliphatic rings. The normalized spacial score (nSPS) is 20.9. The molecule has 0 saturated carbocycles. The van der Waals surface area contributed by atoms with E-state index in [0.29, 0.717) is 48.5 Å². The first kappa shape index (κ1) is 19.7. The lowest BCUT2D eigenvalue weighted by Gasteiger charge is -2.40. The summed E-state index contributed by atoms with van der Waals surface area (Å²) in [5.41, 5.74) is 2.14. The van der Waals surface area contributed by atoms with Crippen LogP contribution < -0.4 is 4.74 Å². The van der Waals surface area contributed by atoms with Gasteiger partial charge in [-0.2, -0.15) is 4.98 Å². The summed E-state index contributed by atoms with van der Waals surface area (Å²) < 4.78 is 8.23. The molecule has 2 atom stereocenters. The second-order valence-corrected chi connectivity index (χ2v) is 8.14. The second kappa shape index (κ2) is 7.75. The maximum atomic E-state index is 12.7. The van der Waals surface area contributed by atoms with Crippen molar-refractivity contribution in [1.82, 2.24) is 39.3 Å². The lowest BCUT2D eigenvalue weighted by molar-refractivity contribution is 0.0945. The van der Waals surface area contributed by atoms with Crippen LogP contribution in [0.5, 0.6) is 5.88 Å². The molecule has 5 rings (SSSR count). The molecule has 0 aromatic carbocycles. The zero-order chi connectivity index (χ0) is 21.5. The zero-order valence-corrected chi connectivity index (χ0v) is 18.0. The smallest absolute Gasteiger partial charge is 0.320 e. The minimum absolute atomic E-state index is 0.106. The molecular weight excluding hydrogens is 396 g/mol. The number of ether oxygens (including phenoxy) is 1. The number of carbonyl (C=O) groups is 1. The number of hydrogen-bond donors (Lipinski definition) is 0. The fraction of sp³-hybridized carbons (Fsp3) is 0.524. The van der Waals surface area contributed by atoms with Gasteiger partial charge >= 0.3 is 6.03 Å². The number of nitrogens with zero attached hydrogens (tertiary/aromatic N) is 8. The number of aryl methyl sites for hydroxylation is 2. The molecule has 0 spiro atoms. The Bertz CT molecular complexity index is 1110. The van der Waals surface area contributed by atoms with Crippen molar-refractivity contribution >= 4 is 17.2 Å². The standard InChI is InChI=1S/C21H26N8O2/c1-4-28-18(15-9-22-14(3)23-10-15)26-17-19(28)24-12-25-20(17)31-16-6-7-27(11-16)21(30)29-8-5-13(29)2/h9-10,12-13,16H,4-8,11H2,1-3H3. The van der Waals surface area contributed by atoms with Crippen molar-refractivity contribution in [1.29, 1.82) is 0 Å². The number of amides is 2. The SMILES string of the molecule is CCn1c(-c2cnc(C)nc2)nc2c(OC3CCN(C(=O)N4CCC4C)C3)ncnc21.